The van der Waals surface area contributed by atoms with Gasteiger partial charge in [-0.2, -0.15) is 0 Å². The molecule has 0 unspecified atom stereocenters. The number of fused-ring (bicyclic) bond motifs is 2. The number of carbonyl (C=O) groups excluding carboxylic acids is 2. The smallest absolute Gasteiger partial charge is 0.409 e. The van der Waals surface area contributed by atoms with Gasteiger partial charge in [-0.1, -0.05) is 32.0 Å². The van der Waals surface area contributed by atoms with Crippen molar-refractivity contribution in [2.45, 2.75) is 65.0 Å². The number of unbranched alkanes of at least 4 members (excludes halogenated alkanes) is 1. The van der Waals surface area contributed by atoms with Gasteiger partial charge in [0.25, 0.3) is 0 Å². The van der Waals surface area contributed by atoms with Crippen LogP contribution in [0.4, 0.5) is 10.5 Å². The molecule has 4 rings (SSSR count). The van der Waals surface area contributed by atoms with Gasteiger partial charge in [0.15, 0.2) is 0 Å². The quantitative estimate of drug-likeness (QED) is 0.589. The molecule has 0 radical (unpaired) electrons. The summed E-state index contributed by atoms with van der Waals surface area (Å²) in [6, 6.07) is 7.88. The van der Waals surface area contributed by atoms with Gasteiger partial charge in [0.2, 0.25) is 5.91 Å². The van der Waals surface area contributed by atoms with Crippen LogP contribution >= 0.6 is 0 Å². The Balaban J connectivity index is 1.64. The molecule has 8 nitrogen and oxygen atoms in total. The third kappa shape index (κ3) is 3.90. The maximum absolute atomic E-state index is 13.8. The Morgan fingerprint density at radius 1 is 1.15 bits per heavy atom. The van der Waals surface area contributed by atoms with E-state index in [9.17, 15) is 14.7 Å². The molecule has 33 heavy (non-hydrogen) atoms. The van der Waals surface area contributed by atoms with Gasteiger partial charge in [-0.25, -0.2) is 9.78 Å². The lowest BCUT2D eigenvalue weighted by atomic mass is 9.75. The molecule has 2 aliphatic heterocycles. The average Bonchev–Trinajstić information content (AvgIpc) is 3.25. The van der Waals surface area contributed by atoms with Crippen molar-refractivity contribution in [3.8, 4) is 0 Å². The number of para-hydroxylation sites is 1. The van der Waals surface area contributed by atoms with Crippen LogP contribution in [0.15, 0.2) is 24.3 Å². The van der Waals surface area contributed by atoms with Gasteiger partial charge in [-0.15, -0.1) is 0 Å². The van der Waals surface area contributed by atoms with E-state index in [-0.39, 0.29) is 18.6 Å². The van der Waals surface area contributed by atoms with Crippen LogP contribution < -0.4 is 4.90 Å². The van der Waals surface area contributed by atoms with Gasteiger partial charge in [0, 0.05) is 37.6 Å². The van der Waals surface area contributed by atoms with Crippen molar-refractivity contribution < 1.29 is 19.4 Å². The fraction of sp³-hybridized carbons (Fsp3) is 0.560. The van der Waals surface area contributed by atoms with Gasteiger partial charge >= 0.3 is 6.09 Å². The molecular weight excluding hydrogens is 420 g/mol. The van der Waals surface area contributed by atoms with E-state index in [0.717, 1.165) is 55.0 Å². The Morgan fingerprint density at radius 2 is 1.91 bits per heavy atom. The molecule has 8 heteroatoms. The average molecular weight is 455 g/mol. The number of anilines is 1. The van der Waals surface area contributed by atoms with Crippen LogP contribution in [-0.4, -0.2) is 57.9 Å². The number of likely N-dealkylation sites (tertiary alicyclic amines) is 1. The molecule has 2 aromatic rings. The summed E-state index contributed by atoms with van der Waals surface area (Å²) in [5, 5.41) is 9.24. The summed E-state index contributed by atoms with van der Waals surface area (Å²) < 4.78 is 7.37. The number of hydrogen-bond donors (Lipinski definition) is 1. The number of aliphatic hydroxyl groups excluding tert-OH is 1. The van der Waals surface area contributed by atoms with Crippen LogP contribution in [0.5, 0.6) is 0 Å². The molecule has 1 aromatic heterocycles. The first-order valence-electron chi connectivity index (χ1n) is 12.0. The number of aromatic nitrogens is 2. The summed E-state index contributed by atoms with van der Waals surface area (Å²) in [5.41, 5.74) is 3.44. The predicted octanol–water partition coefficient (Wildman–Crippen LogP) is 3.04. The van der Waals surface area contributed by atoms with E-state index >= 15 is 0 Å². The van der Waals surface area contributed by atoms with E-state index in [4.69, 9.17) is 9.72 Å². The van der Waals surface area contributed by atoms with Crippen LogP contribution in [0.1, 0.15) is 56.4 Å². The highest BCUT2D eigenvalue weighted by Crippen LogP contribution is 2.48. The summed E-state index contributed by atoms with van der Waals surface area (Å²) in [6.07, 6.45) is 2.94. The lowest BCUT2D eigenvalue weighted by molar-refractivity contribution is -0.128. The summed E-state index contributed by atoms with van der Waals surface area (Å²) in [7, 11) is 0. The Hall–Kier alpha value is -2.87. The normalized spacial score (nSPS) is 16.3. The number of aryl methyl sites for hydroxylation is 1. The second-order valence-electron chi connectivity index (χ2n) is 8.76. The summed E-state index contributed by atoms with van der Waals surface area (Å²) >= 11 is 0. The van der Waals surface area contributed by atoms with E-state index < -0.39 is 5.41 Å². The number of imidazole rings is 1. The Labute approximate surface area is 195 Å². The van der Waals surface area contributed by atoms with Crippen molar-refractivity contribution in [1.29, 1.82) is 0 Å². The van der Waals surface area contributed by atoms with E-state index in [2.05, 4.69) is 18.4 Å². The van der Waals surface area contributed by atoms with E-state index in [1.807, 2.05) is 29.2 Å². The van der Waals surface area contributed by atoms with E-state index in [0.29, 0.717) is 26.2 Å². The molecule has 0 aliphatic carbocycles. The molecule has 3 heterocycles. The van der Waals surface area contributed by atoms with Crippen molar-refractivity contribution >= 4 is 17.7 Å². The molecule has 0 saturated carbocycles. The molecule has 1 N–H and O–H groups in total. The third-order valence-corrected chi connectivity index (χ3v) is 6.81. The third-order valence-electron chi connectivity index (χ3n) is 6.81. The second-order valence-corrected chi connectivity index (χ2v) is 8.76. The molecule has 1 aromatic carbocycles. The highest BCUT2D eigenvalue weighted by Gasteiger charge is 2.59. The van der Waals surface area contributed by atoms with E-state index in [1.165, 1.54) is 5.69 Å². The number of rotatable bonds is 9. The Bertz CT molecular complexity index is 1030. The van der Waals surface area contributed by atoms with E-state index in [1.54, 1.807) is 11.8 Å². The standard InChI is InChI=1S/C25H34N4O4/c1-4-19-20(5-2)28(13-9-10-14-30)22(26-19)15-29-21-12-8-7-11-18(21)25(23(29)31)16-27(17-25)24(32)33-6-3/h7-8,11-12,30H,4-6,9-10,13-17H2,1-3H3. The van der Waals surface area contributed by atoms with Crippen molar-refractivity contribution in [1.82, 2.24) is 14.5 Å². The number of nitrogens with zero attached hydrogens (tertiary/aromatic N) is 4. The maximum atomic E-state index is 13.8. The molecule has 1 saturated heterocycles. The zero-order chi connectivity index (χ0) is 23.6. The van der Waals surface area contributed by atoms with Crippen molar-refractivity contribution in [3.05, 3.63) is 47.0 Å². The maximum Gasteiger partial charge on any atom is 0.409 e. The molecule has 1 spiro atoms. The van der Waals surface area contributed by atoms with Gasteiger partial charge in [-0.05, 0) is 44.2 Å². The van der Waals surface area contributed by atoms with Gasteiger partial charge in [-0.3, -0.25) is 4.79 Å². The fourth-order valence-corrected chi connectivity index (χ4v) is 5.19. The zero-order valence-corrected chi connectivity index (χ0v) is 19.8. The number of carbonyl (C=O) groups is 2. The van der Waals surface area contributed by atoms with Crippen LogP contribution in [-0.2, 0) is 40.9 Å². The molecule has 0 atom stereocenters. The minimum atomic E-state index is -0.709. The first kappa shape index (κ1) is 23.3. The van der Waals surface area contributed by atoms with Gasteiger partial charge in [0.05, 0.1) is 18.8 Å². The lowest BCUT2D eigenvalue weighted by Gasteiger charge is -2.45. The molecule has 2 aliphatic rings. The van der Waals surface area contributed by atoms with Crippen molar-refractivity contribution in [2.75, 3.05) is 31.2 Å². The molecule has 178 valence electrons. The summed E-state index contributed by atoms with van der Waals surface area (Å²) in [5.74, 6) is 0.897. The first-order chi connectivity index (χ1) is 16.0. The summed E-state index contributed by atoms with van der Waals surface area (Å²) in [6.45, 7) is 8.34. The Kier molecular flexibility index (Phi) is 6.74. The first-order valence-corrected chi connectivity index (χ1v) is 12.0. The fourth-order valence-electron chi connectivity index (χ4n) is 5.19. The number of hydrogen-bond acceptors (Lipinski definition) is 5. The van der Waals surface area contributed by atoms with Crippen LogP contribution in [0, 0.1) is 0 Å². The minimum Gasteiger partial charge on any atom is -0.450 e. The zero-order valence-electron chi connectivity index (χ0n) is 19.8. The van der Waals surface area contributed by atoms with Gasteiger partial charge in [0.1, 0.15) is 11.2 Å². The highest BCUT2D eigenvalue weighted by atomic mass is 16.6. The molecule has 2 amide bonds. The van der Waals surface area contributed by atoms with Crippen LogP contribution in [0.3, 0.4) is 0 Å². The lowest BCUT2D eigenvalue weighted by Crippen LogP contribution is -2.65. The number of ether oxygens (including phenoxy) is 1. The van der Waals surface area contributed by atoms with Crippen LogP contribution in [0.2, 0.25) is 0 Å². The monoisotopic (exact) mass is 454 g/mol. The number of aliphatic hydroxyl groups is 1. The van der Waals surface area contributed by atoms with Crippen LogP contribution in [0.25, 0.3) is 0 Å². The second kappa shape index (κ2) is 9.55. The minimum absolute atomic E-state index is 0.0188. The number of benzene rings is 1. The largest absolute Gasteiger partial charge is 0.450 e. The molecule has 1 fully saturated rings. The Morgan fingerprint density at radius 3 is 2.58 bits per heavy atom. The molecule has 0 bridgehead atoms. The van der Waals surface area contributed by atoms with Gasteiger partial charge < -0.3 is 24.2 Å². The number of amides is 2. The predicted molar refractivity (Wildman–Crippen MR) is 125 cm³/mol. The topological polar surface area (TPSA) is 87.9 Å². The summed E-state index contributed by atoms with van der Waals surface area (Å²) in [4.78, 5) is 34.3. The SMILES string of the molecule is CCOC(=O)N1CC2(C1)C(=O)N(Cc1nc(CC)c(CC)n1CCCCO)c1ccccc12. The van der Waals surface area contributed by atoms with Crippen molar-refractivity contribution in [2.24, 2.45) is 0 Å². The molecular formula is C25H34N4O4. The van der Waals surface area contributed by atoms with Crippen molar-refractivity contribution in [3.63, 3.8) is 0 Å². The highest BCUT2D eigenvalue weighted by molar-refractivity contribution is 6.09.